The number of sulfone groups is 1. The van der Waals surface area contributed by atoms with Gasteiger partial charge >= 0.3 is 12.4 Å². The molecule has 2 aromatic heterocycles. The number of aryl methyl sites for hydroxylation is 1. The molecule has 0 saturated carbocycles. The lowest BCUT2D eigenvalue weighted by molar-refractivity contribution is -0.288. The van der Waals surface area contributed by atoms with Gasteiger partial charge in [-0.15, -0.1) is 0 Å². The standard InChI is InChI=1S/C49H26F6N4O13S2/c1-22-17-27(9-16-38(22)74(70,71)72)59-45(66)36-20-34-35(21-37(36)46(59)67)44(65)58(43(34)64)26-7-12-29(13-8-26)73(68,69)28-10-5-25(6-11-28)57-41(62)31-15-4-24(19-33(31)42(57)63)47(48(50,51)52,49(53,54)55)23-3-14-30-32(18-23)40(61)56(2)39(30)60/h3-21H,1-2H3,(H,70,71,72). The number of hydrogen-bond acceptors (Lipinski definition) is 12. The summed E-state index contributed by atoms with van der Waals surface area (Å²) in [7, 11) is -8.13. The third-order valence-corrected chi connectivity index (χ3v) is 15.9. The van der Waals surface area contributed by atoms with Crippen LogP contribution in [0.25, 0.3) is 32.9 Å². The summed E-state index contributed by atoms with van der Waals surface area (Å²) < 4.78 is 153. The van der Waals surface area contributed by atoms with E-state index in [0.29, 0.717) is 49.3 Å². The van der Waals surface area contributed by atoms with Gasteiger partial charge < -0.3 is 0 Å². The van der Waals surface area contributed by atoms with Gasteiger partial charge in [0.05, 0.1) is 75.5 Å². The zero-order valence-corrected chi connectivity index (χ0v) is 38.8. The van der Waals surface area contributed by atoms with Gasteiger partial charge in [-0.25, -0.2) is 22.5 Å². The monoisotopic (exact) mass is 1060 g/mol. The summed E-state index contributed by atoms with van der Waals surface area (Å²) in [5, 5.41) is -1.07. The number of fused-ring (bicyclic) bond motifs is 4. The van der Waals surface area contributed by atoms with Crippen molar-refractivity contribution in [3.05, 3.63) is 196 Å². The molecule has 0 atom stereocenters. The predicted molar refractivity (Wildman–Crippen MR) is 247 cm³/mol. The molecule has 8 aromatic rings. The molecule has 4 amide bonds. The van der Waals surface area contributed by atoms with Gasteiger partial charge in [-0.3, -0.25) is 47.8 Å². The number of amides is 4. The van der Waals surface area contributed by atoms with Crippen molar-refractivity contribution in [3.8, 4) is 11.4 Å². The number of imide groups is 2. The number of rotatable bonds is 8. The van der Waals surface area contributed by atoms with Crippen LogP contribution < -0.4 is 27.1 Å². The van der Waals surface area contributed by atoms with Crippen LogP contribution in [0.5, 0.6) is 0 Å². The molecule has 0 saturated heterocycles. The fourth-order valence-electron chi connectivity index (χ4n) is 9.47. The molecule has 10 rings (SSSR count). The first kappa shape index (κ1) is 48.9. The van der Waals surface area contributed by atoms with E-state index >= 15 is 26.3 Å². The lowest BCUT2D eigenvalue weighted by Gasteiger charge is -2.38. The van der Waals surface area contributed by atoms with Crippen LogP contribution in [0.2, 0.25) is 0 Å². The van der Waals surface area contributed by atoms with Crippen LogP contribution in [0.3, 0.4) is 0 Å². The summed E-state index contributed by atoms with van der Waals surface area (Å²) in [4.78, 5) is 106. The number of carbonyl (C=O) groups is 4. The van der Waals surface area contributed by atoms with Crippen molar-refractivity contribution in [2.45, 2.75) is 39.4 Å². The molecular formula is C49H26F6N4O13S2. The summed E-state index contributed by atoms with van der Waals surface area (Å²) in [6.07, 6.45) is -12.4. The first-order chi connectivity index (χ1) is 34.5. The average molecular weight is 1060 g/mol. The Labute approximate surface area is 408 Å². The van der Waals surface area contributed by atoms with Crippen molar-refractivity contribution in [3.63, 3.8) is 0 Å². The zero-order valence-electron chi connectivity index (χ0n) is 37.2. The van der Waals surface area contributed by atoms with Crippen molar-refractivity contribution in [2.24, 2.45) is 0 Å². The second-order valence-corrected chi connectivity index (χ2v) is 20.5. The van der Waals surface area contributed by atoms with Gasteiger partial charge in [-0.1, -0.05) is 12.1 Å². The summed E-state index contributed by atoms with van der Waals surface area (Å²) in [6, 6.07) is 16.1. The van der Waals surface area contributed by atoms with Crippen molar-refractivity contribution in [1.29, 1.82) is 0 Å². The van der Waals surface area contributed by atoms with Gasteiger partial charge in [0, 0.05) is 7.05 Å². The Morgan fingerprint density at radius 2 is 0.824 bits per heavy atom. The zero-order chi connectivity index (χ0) is 53.7. The van der Waals surface area contributed by atoms with Crippen molar-refractivity contribution in [2.75, 3.05) is 11.9 Å². The molecule has 4 heterocycles. The molecule has 0 spiro atoms. The van der Waals surface area contributed by atoms with Gasteiger partial charge in [0.2, 0.25) is 15.3 Å². The normalized spacial score (nSPS) is 14.5. The van der Waals surface area contributed by atoms with Crippen LogP contribution >= 0.6 is 0 Å². The third-order valence-electron chi connectivity index (χ3n) is 13.1. The van der Waals surface area contributed by atoms with Crippen LogP contribution in [0, 0.1) is 6.92 Å². The molecular weight excluding hydrogens is 1030 g/mol. The number of nitrogens with zero attached hydrogens (tertiary/aromatic N) is 4. The summed E-state index contributed by atoms with van der Waals surface area (Å²) in [5.41, 5.74) is -14.8. The largest absolute Gasteiger partial charge is 0.411 e. The van der Waals surface area contributed by atoms with Gasteiger partial charge in [0.1, 0.15) is 0 Å². The molecule has 0 aliphatic carbocycles. The maximum absolute atomic E-state index is 15.1. The minimum absolute atomic E-state index is 0.00749. The van der Waals surface area contributed by atoms with Gasteiger partial charge in [-0.05, 0) is 127 Å². The van der Waals surface area contributed by atoms with E-state index in [1.54, 1.807) is 0 Å². The van der Waals surface area contributed by atoms with E-state index < -0.39 is 132 Å². The predicted octanol–water partition coefficient (Wildman–Crippen LogP) is 5.72. The Hall–Kier alpha value is -8.68. The molecule has 6 aromatic carbocycles. The number of alkyl halides is 6. The van der Waals surface area contributed by atoms with Gasteiger partial charge in [0.15, 0.2) is 0 Å². The summed E-state index contributed by atoms with van der Waals surface area (Å²) >= 11 is 0. The Morgan fingerprint density at radius 3 is 1.26 bits per heavy atom. The molecule has 74 heavy (non-hydrogen) atoms. The van der Waals surface area contributed by atoms with Crippen LogP contribution in [-0.2, 0) is 25.4 Å². The number of anilines is 1. The first-order valence-corrected chi connectivity index (χ1v) is 24.1. The molecule has 0 fully saturated rings. The minimum atomic E-state index is -6.19. The highest BCUT2D eigenvalue weighted by molar-refractivity contribution is 7.91. The molecule has 17 nitrogen and oxygen atoms in total. The fourth-order valence-corrected chi connectivity index (χ4v) is 11.4. The molecule has 1 N–H and O–H groups in total. The molecule has 0 unspecified atom stereocenters. The van der Waals surface area contributed by atoms with E-state index in [0.717, 1.165) is 79.8 Å². The highest BCUT2D eigenvalue weighted by Gasteiger charge is 2.73. The molecule has 25 heteroatoms. The molecule has 2 aliphatic heterocycles. The highest BCUT2D eigenvalue weighted by Crippen LogP contribution is 2.57. The summed E-state index contributed by atoms with van der Waals surface area (Å²) in [6.45, 7) is 1.32. The lowest BCUT2D eigenvalue weighted by Crippen LogP contribution is -2.55. The molecule has 2 aliphatic rings. The third kappa shape index (κ3) is 6.79. The van der Waals surface area contributed by atoms with Gasteiger partial charge in [0.25, 0.3) is 56.0 Å². The maximum atomic E-state index is 15.1. The second kappa shape index (κ2) is 15.9. The SMILES string of the molecule is Cc1cc(-n2c(=O)c3cc4c(=O)n(-c5ccc(S(=O)(=O)c6ccc(N7C(=O)c8ccc(C(c9ccc%10c(c9)C(=O)N(C)C%10=O)(C(F)(F)F)C(F)(F)F)cc8C7=O)cc6)cc5)c(=O)c4cc3c2=O)ccc1S(=O)(=O)O. The quantitative estimate of drug-likeness (QED) is 0.109. The van der Waals surface area contributed by atoms with E-state index in [1.165, 1.54) is 13.0 Å². The van der Waals surface area contributed by atoms with E-state index in [2.05, 4.69) is 0 Å². The Balaban J connectivity index is 0.933. The van der Waals surface area contributed by atoms with Crippen LogP contribution in [-0.4, -0.2) is 78.5 Å². The Kier molecular flexibility index (Phi) is 10.5. The average Bonchev–Trinajstić information content (AvgIpc) is 3.92. The van der Waals surface area contributed by atoms with E-state index in [-0.39, 0.29) is 50.2 Å². The second-order valence-electron chi connectivity index (χ2n) is 17.1. The molecule has 0 radical (unpaired) electrons. The Morgan fingerprint density at radius 1 is 0.446 bits per heavy atom. The Bertz CT molecular complexity index is 4270. The van der Waals surface area contributed by atoms with Crippen molar-refractivity contribution < 1.29 is 66.9 Å². The lowest BCUT2D eigenvalue weighted by atomic mass is 9.71. The number of carbonyl (C=O) groups excluding carboxylic acids is 4. The highest BCUT2D eigenvalue weighted by atomic mass is 32.2. The van der Waals surface area contributed by atoms with E-state index in [4.69, 9.17) is 0 Å². The summed E-state index contributed by atoms with van der Waals surface area (Å²) in [5.74, 6) is -4.67. The molecule has 0 bridgehead atoms. The van der Waals surface area contributed by atoms with Crippen LogP contribution in [0.4, 0.5) is 32.0 Å². The van der Waals surface area contributed by atoms with E-state index in [9.17, 15) is 59.7 Å². The number of hydrogen-bond donors (Lipinski definition) is 1. The van der Waals surface area contributed by atoms with Gasteiger partial charge in [-0.2, -0.15) is 34.8 Å². The number of aromatic nitrogens is 2. The maximum Gasteiger partial charge on any atom is 0.411 e. The van der Waals surface area contributed by atoms with Crippen molar-refractivity contribution in [1.82, 2.24) is 14.0 Å². The topological polar surface area (TPSA) is 241 Å². The number of benzene rings is 6. The minimum Gasteiger partial charge on any atom is -0.282 e. The smallest absolute Gasteiger partial charge is 0.282 e. The molecule has 374 valence electrons. The first-order valence-electron chi connectivity index (χ1n) is 21.1. The van der Waals surface area contributed by atoms with Crippen LogP contribution in [0.15, 0.2) is 149 Å². The van der Waals surface area contributed by atoms with Crippen molar-refractivity contribution >= 4 is 70.8 Å². The number of halogens is 6. The van der Waals surface area contributed by atoms with E-state index in [1.807, 2.05) is 0 Å². The van der Waals surface area contributed by atoms with Crippen LogP contribution in [0.1, 0.15) is 58.1 Å². The fraction of sp³-hybridized carbons (Fsp3) is 0.102.